The van der Waals surface area contributed by atoms with E-state index in [1.807, 2.05) is 0 Å². The van der Waals surface area contributed by atoms with Gasteiger partial charge in [0.25, 0.3) is 0 Å². The Morgan fingerprint density at radius 3 is 2.08 bits per heavy atom. The quantitative estimate of drug-likeness (QED) is 0.357. The number of benzene rings is 1. The third kappa shape index (κ3) is 6.01. The van der Waals surface area contributed by atoms with E-state index >= 15 is 0 Å². The van der Waals surface area contributed by atoms with Crippen LogP contribution in [0.4, 0.5) is 0 Å². The average molecular weight is 562 g/mol. The number of hydrogen-bond donors (Lipinski definition) is 1. The lowest BCUT2D eigenvalue weighted by Gasteiger charge is -2.46. The van der Waals surface area contributed by atoms with E-state index < -0.39 is 14.4 Å². The second-order valence-corrected chi connectivity index (χ2v) is 20.5. The molecule has 2 saturated carbocycles. The van der Waals surface area contributed by atoms with E-state index in [-0.39, 0.29) is 16.6 Å². The molecule has 40 heavy (non-hydrogen) atoms. The summed E-state index contributed by atoms with van der Waals surface area (Å²) in [5, 5.41) is 12.5. The summed E-state index contributed by atoms with van der Waals surface area (Å²) in [5.74, 6) is 0.931. The van der Waals surface area contributed by atoms with Gasteiger partial charge in [-0.15, -0.1) is 0 Å². The van der Waals surface area contributed by atoms with Crippen LogP contribution in [-0.4, -0.2) is 18.4 Å². The zero-order valence-electron chi connectivity index (χ0n) is 26.7. The molecule has 0 spiro atoms. The van der Waals surface area contributed by atoms with Gasteiger partial charge in [-0.05, 0) is 86.0 Å². The zero-order valence-corrected chi connectivity index (χ0v) is 27.7. The number of aromatic nitrogens is 1. The minimum absolute atomic E-state index is 0.0469. The third-order valence-corrected chi connectivity index (χ3v) is 15.3. The second kappa shape index (κ2) is 11.3. The molecule has 5 rings (SSSR count). The highest BCUT2D eigenvalue weighted by atomic mass is 28.4. The van der Waals surface area contributed by atoms with E-state index in [1.54, 1.807) is 0 Å². The molecule has 3 aliphatic carbocycles. The smallest absolute Gasteiger partial charge is 0.192 e. The van der Waals surface area contributed by atoms with Crippen molar-refractivity contribution < 1.29 is 9.53 Å². The standard InChI is InChI=1S/C36H55NO2Si/c1-24-18-20-27(21-19-24)34(38)32-30(25-14-10-9-11-15-25)31-28(37-33(32)26-16-12-13-17-26)22-36(5,6)23-29(31)39-40(7,8)35(2,3)4/h18-21,25-26,29,34,38H,9-17,22-23H2,1-8H3/t29-,34-/m0/s1. The summed E-state index contributed by atoms with van der Waals surface area (Å²) >= 11 is 0. The molecule has 0 amide bonds. The van der Waals surface area contributed by atoms with Gasteiger partial charge >= 0.3 is 0 Å². The number of fused-ring (bicyclic) bond motifs is 1. The van der Waals surface area contributed by atoms with Gasteiger partial charge in [-0.1, -0.05) is 96.6 Å². The number of aliphatic hydroxyl groups is 1. The maximum absolute atomic E-state index is 12.3. The van der Waals surface area contributed by atoms with E-state index in [1.165, 1.54) is 85.9 Å². The zero-order chi connectivity index (χ0) is 28.9. The fourth-order valence-electron chi connectivity index (χ4n) is 7.51. The Bertz CT molecular complexity index is 1180. The van der Waals surface area contributed by atoms with Crippen molar-refractivity contribution >= 4 is 8.32 Å². The number of rotatable bonds is 6. The summed E-state index contributed by atoms with van der Waals surface area (Å²) in [7, 11) is -2.04. The van der Waals surface area contributed by atoms with Crippen LogP contribution in [0.1, 0.15) is 162 Å². The predicted octanol–water partition coefficient (Wildman–Crippen LogP) is 10.2. The predicted molar refractivity (Wildman–Crippen MR) is 170 cm³/mol. The van der Waals surface area contributed by atoms with Gasteiger partial charge in [0.1, 0.15) is 6.10 Å². The van der Waals surface area contributed by atoms with Crippen LogP contribution in [0.2, 0.25) is 18.1 Å². The molecule has 0 aliphatic heterocycles. The van der Waals surface area contributed by atoms with Crippen LogP contribution < -0.4 is 0 Å². The number of aliphatic hydroxyl groups excluding tert-OH is 1. The van der Waals surface area contributed by atoms with Crippen LogP contribution in [0, 0.1) is 12.3 Å². The summed E-state index contributed by atoms with van der Waals surface area (Å²) in [4.78, 5) is 5.63. The highest BCUT2D eigenvalue weighted by molar-refractivity contribution is 6.74. The maximum atomic E-state index is 12.3. The SMILES string of the molecule is Cc1ccc([C@H](O)c2c(C3CCCC3)nc3c(c2C2CCCCC2)[C@@H](O[Si](C)(C)C(C)(C)C)CC(C)(C)C3)cc1. The van der Waals surface area contributed by atoms with Gasteiger partial charge in [0, 0.05) is 22.7 Å². The van der Waals surface area contributed by atoms with E-state index in [0.717, 1.165) is 24.0 Å². The molecular formula is C36H55NO2Si. The number of pyridine rings is 1. The first kappa shape index (κ1) is 30.0. The van der Waals surface area contributed by atoms with E-state index in [2.05, 4.69) is 78.9 Å². The van der Waals surface area contributed by atoms with Gasteiger partial charge in [0.15, 0.2) is 8.32 Å². The molecule has 0 saturated heterocycles. The first-order chi connectivity index (χ1) is 18.8. The topological polar surface area (TPSA) is 42.4 Å². The van der Waals surface area contributed by atoms with Crippen molar-refractivity contribution in [2.45, 2.75) is 154 Å². The van der Waals surface area contributed by atoms with Crippen LogP contribution in [-0.2, 0) is 10.8 Å². The molecule has 4 heteroatoms. The molecule has 2 atom stereocenters. The maximum Gasteiger partial charge on any atom is 0.192 e. The summed E-state index contributed by atoms with van der Waals surface area (Å²) in [6.45, 7) is 18.8. The Balaban J connectivity index is 1.77. The van der Waals surface area contributed by atoms with Crippen molar-refractivity contribution in [3.63, 3.8) is 0 Å². The van der Waals surface area contributed by atoms with Crippen LogP contribution in [0.25, 0.3) is 0 Å². The van der Waals surface area contributed by atoms with Gasteiger partial charge in [-0.2, -0.15) is 0 Å². The lowest BCUT2D eigenvalue weighted by atomic mass is 9.69. The number of nitrogens with zero attached hydrogens (tertiary/aromatic N) is 1. The number of hydrogen-bond acceptors (Lipinski definition) is 3. The minimum atomic E-state index is -2.04. The van der Waals surface area contributed by atoms with Crippen molar-refractivity contribution in [1.29, 1.82) is 0 Å². The Labute approximate surface area is 245 Å². The molecule has 220 valence electrons. The molecule has 1 aromatic heterocycles. The van der Waals surface area contributed by atoms with Gasteiger partial charge < -0.3 is 9.53 Å². The van der Waals surface area contributed by atoms with Gasteiger partial charge in [-0.3, -0.25) is 4.98 Å². The third-order valence-electron chi connectivity index (χ3n) is 10.8. The molecule has 1 heterocycles. The summed E-state index contributed by atoms with van der Waals surface area (Å²) in [5.41, 5.74) is 8.84. The Kier molecular flexibility index (Phi) is 8.47. The molecule has 3 nitrogen and oxygen atoms in total. The average Bonchev–Trinajstić information content (AvgIpc) is 3.41. The second-order valence-electron chi connectivity index (χ2n) is 15.7. The van der Waals surface area contributed by atoms with Crippen LogP contribution in [0.5, 0.6) is 0 Å². The monoisotopic (exact) mass is 561 g/mol. The molecule has 0 bridgehead atoms. The van der Waals surface area contributed by atoms with Gasteiger partial charge in [0.05, 0.1) is 11.8 Å². The summed E-state index contributed by atoms with van der Waals surface area (Å²) in [6, 6.07) is 8.56. The highest BCUT2D eigenvalue weighted by Crippen LogP contribution is 2.53. The van der Waals surface area contributed by atoms with Crippen molar-refractivity contribution in [2.75, 3.05) is 0 Å². The first-order valence-electron chi connectivity index (χ1n) is 16.3. The lowest BCUT2D eigenvalue weighted by Crippen LogP contribution is -2.44. The molecule has 0 unspecified atom stereocenters. The molecule has 1 N–H and O–H groups in total. The van der Waals surface area contributed by atoms with E-state index in [0.29, 0.717) is 11.8 Å². The molecule has 1 aromatic carbocycles. The first-order valence-corrected chi connectivity index (χ1v) is 19.2. The number of aryl methyl sites for hydroxylation is 1. The van der Waals surface area contributed by atoms with E-state index in [9.17, 15) is 5.11 Å². The van der Waals surface area contributed by atoms with Crippen molar-refractivity contribution in [3.05, 3.63) is 63.5 Å². The fourth-order valence-corrected chi connectivity index (χ4v) is 8.77. The summed E-state index contributed by atoms with van der Waals surface area (Å²) < 4.78 is 7.38. The Morgan fingerprint density at radius 2 is 1.48 bits per heavy atom. The molecule has 2 fully saturated rings. The molecular weight excluding hydrogens is 506 g/mol. The van der Waals surface area contributed by atoms with E-state index in [4.69, 9.17) is 9.41 Å². The van der Waals surface area contributed by atoms with Crippen molar-refractivity contribution in [3.8, 4) is 0 Å². The summed E-state index contributed by atoms with van der Waals surface area (Å²) in [6.07, 6.45) is 12.7. The van der Waals surface area contributed by atoms with Crippen LogP contribution in [0.3, 0.4) is 0 Å². The highest BCUT2D eigenvalue weighted by Gasteiger charge is 2.46. The largest absolute Gasteiger partial charge is 0.410 e. The van der Waals surface area contributed by atoms with Crippen molar-refractivity contribution in [2.24, 2.45) is 5.41 Å². The van der Waals surface area contributed by atoms with Crippen LogP contribution in [0.15, 0.2) is 24.3 Å². The Hall–Kier alpha value is -1.49. The molecule has 0 radical (unpaired) electrons. The Morgan fingerprint density at radius 1 is 0.900 bits per heavy atom. The minimum Gasteiger partial charge on any atom is -0.410 e. The molecule has 3 aliphatic rings. The van der Waals surface area contributed by atoms with Gasteiger partial charge in [-0.25, -0.2) is 0 Å². The lowest BCUT2D eigenvalue weighted by molar-refractivity contribution is 0.103. The normalized spacial score (nSPS) is 23.3. The molecule has 2 aromatic rings. The fraction of sp³-hybridized carbons (Fsp3) is 0.694. The van der Waals surface area contributed by atoms with Crippen LogP contribution >= 0.6 is 0 Å². The van der Waals surface area contributed by atoms with Crippen molar-refractivity contribution in [1.82, 2.24) is 4.98 Å². The van der Waals surface area contributed by atoms with Gasteiger partial charge in [0.2, 0.25) is 0 Å².